The van der Waals surface area contributed by atoms with Gasteiger partial charge in [-0.25, -0.2) is 0 Å². The molecule has 4 heteroatoms. The van der Waals surface area contributed by atoms with Gasteiger partial charge in [-0.1, -0.05) is 48.5 Å². The topological polar surface area (TPSA) is 60.2 Å². The zero-order valence-corrected chi connectivity index (χ0v) is 12.6. The highest BCUT2D eigenvalue weighted by Crippen LogP contribution is 2.33. The molecular weight excluding hydrogens is 290 g/mol. The van der Waals surface area contributed by atoms with Gasteiger partial charge in [0, 0.05) is 12.0 Å². The van der Waals surface area contributed by atoms with Gasteiger partial charge in [-0.3, -0.25) is 14.9 Å². The lowest BCUT2D eigenvalue weighted by Crippen LogP contribution is -2.18. The Bertz CT molecular complexity index is 765. The summed E-state index contributed by atoms with van der Waals surface area (Å²) >= 11 is 0. The molecule has 1 aliphatic carbocycles. The van der Waals surface area contributed by atoms with Crippen molar-refractivity contribution in [1.29, 1.82) is 0 Å². The summed E-state index contributed by atoms with van der Waals surface area (Å²) in [5, 5.41) is 11.1. The monoisotopic (exact) mass is 307 g/mol. The number of allylic oxidation sites excluding steroid dienone is 2. The van der Waals surface area contributed by atoms with Crippen LogP contribution in [-0.2, 0) is 0 Å². The minimum absolute atomic E-state index is 0.102. The number of ketones is 1. The average Bonchev–Trinajstić information content (AvgIpc) is 2.62. The van der Waals surface area contributed by atoms with E-state index in [-0.39, 0.29) is 23.0 Å². The summed E-state index contributed by atoms with van der Waals surface area (Å²) in [6.07, 6.45) is 4.28. The largest absolute Gasteiger partial charge is 0.294 e. The van der Waals surface area contributed by atoms with Crippen molar-refractivity contribution in [2.75, 3.05) is 0 Å². The molecule has 0 saturated carbocycles. The van der Waals surface area contributed by atoms with E-state index in [4.69, 9.17) is 0 Å². The summed E-state index contributed by atoms with van der Waals surface area (Å²) in [6.45, 7) is 0. The van der Waals surface area contributed by atoms with Crippen LogP contribution in [0, 0.1) is 16.0 Å². The minimum atomic E-state index is -0.485. The van der Waals surface area contributed by atoms with Crippen molar-refractivity contribution in [3.63, 3.8) is 0 Å². The SMILES string of the molecule is O=C(c1ccccc1[N+](=O)[O-])C1CC=C(c2ccccc2)CC1. The number of carbonyl (C=O) groups excluding carboxylic acids is 1. The van der Waals surface area contributed by atoms with Crippen LogP contribution < -0.4 is 0 Å². The fourth-order valence-corrected chi connectivity index (χ4v) is 3.05. The van der Waals surface area contributed by atoms with E-state index in [2.05, 4.69) is 18.2 Å². The first-order chi connectivity index (χ1) is 11.2. The standard InChI is InChI=1S/C19H17NO3/c21-19(17-8-4-5-9-18(17)20(22)23)16-12-10-15(11-13-16)14-6-2-1-3-7-14/h1-10,16H,11-13H2. The number of nitro benzene ring substituents is 1. The first kappa shape index (κ1) is 15.2. The number of hydrogen-bond donors (Lipinski definition) is 0. The number of carbonyl (C=O) groups is 1. The third-order valence-electron chi connectivity index (χ3n) is 4.29. The first-order valence-corrected chi connectivity index (χ1v) is 7.69. The molecule has 0 fully saturated rings. The van der Waals surface area contributed by atoms with E-state index in [0.29, 0.717) is 6.42 Å². The highest BCUT2D eigenvalue weighted by molar-refractivity contribution is 6.01. The van der Waals surface area contributed by atoms with Gasteiger partial charge in [0.05, 0.1) is 10.5 Å². The van der Waals surface area contributed by atoms with E-state index in [1.54, 1.807) is 18.2 Å². The molecule has 0 heterocycles. The summed E-state index contributed by atoms with van der Waals surface area (Å²) in [7, 11) is 0. The van der Waals surface area contributed by atoms with E-state index in [9.17, 15) is 14.9 Å². The molecule has 0 N–H and O–H groups in total. The molecule has 2 aromatic rings. The van der Waals surface area contributed by atoms with Crippen LogP contribution in [0.25, 0.3) is 5.57 Å². The smallest absolute Gasteiger partial charge is 0.280 e. The zero-order valence-electron chi connectivity index (χ0n) is 12.6. The van der Waals surface area contributed by atoms with Gasteiger partial charge in [-0.2, -0.15) is 0 Å². The molecule has 1 atom stereocenters. The number of nitrogens with zero attached hydrogens (tertiary/aromatic N) is 1. The fourth-order valence-electron chi connectivity index (χ4n) is 3.05. The first-order valence-electron chi connectivity index (χ1n) is 7.69. The maximum Gasteiger partial charge on any atom is 0.280 e. The summed E-state index contributed by atoms with van der Waals surface area (Å²) in [6, 6.07) is 16.3. The molecule has 3 rings (SSSR count). The highest BCUT2D eigenvalue weighted by Gasteiger charge is 2.27. The van der Waals surface area contributed by atoms with Crippen LogP contribution >= 0.6 is 0 Å². The van der Waals surface area contributed by atoms with E-state index in [1.807, 2.05) is 18.2 Å². The molecule has 1 aliphatic rings. The quantitative estimate of drug-likeness (QED) is 0.469. The van der Waals surface area contributed by atoms with Gasteiger partial charge in [0.1, 0.15) is 0 Å². The average molecular weight is 307 g/mol. The molecular formula is C19H17NO3. The maximum absolute atomic E-state index is 12.6. The van der Waals surface area contributed by atoms with E-state index in [1.165, 1.54) is 17.2 Å². The number of rotatable bonds is 4. The molecule has 2 aromatic carbocycles. The highest BCUT2D eigenvalue weighted by atomic mass is 16.6. The molecule has 0 radical (unpaired) electrons. The van der Waals surface area contributed by atoms with Crippen molar-refractivity contribution in [1.82, 2.24) is 0 Å². The number of hydrogen-bond acceptors (Lipinski definition) is 3. The molecule has 23 heavy (non-hydrogen) atoms. The van der Waals surface area contributed by atoms with E-state index >= 15 is 0 Å². The molecule has 0 aliphatic heterocycles. The second-order valence-corrected chi connectivity index (χ2v) is 5.71. The van der Waals surface area contributed by atoms with Crippen molar-refractivity contribution in [3.05, 3.63) is 81.9 Å². The lowest BCUT2D eigenvalue weighted by Gasteiger charge is -2.21. The number of para-hydroxylation sites is 1. The van der Waals surface area contributed by atoms with Crippen molar-refractivity contribution in [3.8, 4) is 0 Å². The lowest BCUT2D eigenvalue weighted by atomic mass is 9.82. The zero-order chi connectivity index (χ0) is 16.2. The Morgan fingerprint density at radius 3 is 2.39 bits per heavy atom. The van der Waals surface area contributed by atoms with Crippen LogP contribution in [0.4, 0.5) is 5.69 Å². The molecule has 0 spiro atoms. The third-order valence-corrected chi connectivity index (χ3v) is 4.29. The van der Waals surface area contributed by atoms with Crippen LogP contribution in [0.5, 0.6) is 0 Å². The van der Waals surface area contributed by atoms with E-state index < -0.39 is 4.92 Å². The van der Waals surface area contributed by atoms with Crippen LogP contribution in [0.15, 0.2) is 60.7 Å². The fraction of sp³-hybridized carbons (Fsp3) is 0.211. The van der Waals surface area contributed by atoms with Gasteiger partial charge in [-0.15, -0.1) is 0 Å². The Kier molecular flexibility index (Phi) is 4.33. The minimum Gasteiger partial charge on any atom is -0.294 e. The molecule has 0 aromatic heterocycles. The summed E-state index contributed by atoms with van der Waals surface area (Å²) in [4.78, 5) is 23.2. The van der Waals surface area contributed by atoms with Crippen molar-refractivity contribution in [2.45, 2.75) is 19.3 Å². The van der Waals surface area contributed by atoms with Crippen molar-refractivity contribution < 1.29 is 9.72 Å². The van der Waals surface area contributed by atoms with Crippen LogP contribution in [0.2, 0.25) is 0 Å². The Morgan fingerprint density at radius 1 is 1.04 bits per heavy atom. The van der Waals surface area contributed by atoms with Crippen molar-refractivity contribution in [2.24, 2.45) is 5.92 Å². The number of Topliss-reactive ketones (excluding diaryl/α,β-unsaturated/α-hetero) is 1. The Hall–Kier alpha value is -2.75. The van der Waals surface area contributed by atoms with Crippen LogP contribution in [0.3, 0.4) is 0 Å². The molecule has 1 unspecified atom stereocenters. The summed E-state index contributed by atoms with van der Waals surface area (Å²) < 4.78 is 0. The predicted octanol–water partition coefficient (Wildman–Crippen LogP) is 4.66. The van der Waals surface area contributed by atoms with Crippen molar-refractivity contribution >= 4 is 17.0 Å². The number of benzene rings is 2. The van der Waals surface area contributed by atoms with Gasteiger partial charge in [0.2, 0.25) is 0 Å². The Balaban J connectivity index is 1.79. The summed E-state index contributed by atoms with van der Waals surface area (Å²) in [5.74, 6) is -0.302. The third kappa shape index (κ3) is 3.21. The summed E-state index contributed by atoms with van der Waals surface area (Å²) in [5.41, 5.74) is 2.55. The van der Waals surface area contributed by atoms with Gasteiger partial charge >= 0.3 is 0 Å². The van der Waals surface area contributed by atoms with Crippen LogP contribution in [0.1, 0.15) is 35.2 Å². The second-order valence-electron chi connectivity index (χ2n) is 5.71. The van der Waals surface area contributed by atoms with Gasteiger partial charge in [-0.05, 0) is 36.5 Å². The normalized spacial score (nSPS) is 17.4. The Morgan fingerprint density at radius 2 is 1.74 bits per heavy atom. The molecule has 0 bridgehead atoms. The van der Waals surface area contributed by atoms with E-state index in [0.717, 1.165) is 12.8 Å². The van der Waals surface area contributed by atoms with Crippen LogP contribution in [-0.4, -0.2) is 10.7 Å². The molecule has 0 saturated heterocycles. The van der Waals surface area contributed by atoms with Gasteiger partial charge in [0.15, 0.2) is 5.78 Å². The van der Waals surface area contributed by atoms with Gasteiger partial charge in [0.25, 0.3) is 5.69 Å². The molecule has 116 valence electrons. The lowest BCUT2D eigenvalue weighted by molar-refractivity contribution is -0.385. The Labute approximate surface area is 134 Å². The molecule has 0 amide bonds. The maximum atomic E-state index is 12.6. The molecule has 4 nitrogen and oxygen atoms in total. The second kappa shape index (κ2) is 6.57. The van der Waals surface area contributed by atoms with Gasteiger partial charge < -0.3 is 0 Å². The predicted molar refractivity (Wildman–Crippen MR) is 89.2 cm³/mol. The number of nitro groups is 1.